The van der Waals surface area contributed by atoms with Gasteiger partial charge in [0.05, 0.1) is 24.8 Å². The highest BCUT2D eigenvalue weighted by atomic mass is 16.5. The Morgan fingerprint density at radius 3 is 2.70 bits per heavy atom. The summed E-state index contributed by atoms with van der Waals surface area (Å²) in [5.41, 5.74) is 2.34. The molecule has 1 heterocycles. The first-order chi connectivity index (χ1) is 13.2. The number of benzene rings is 2. The molecule has 3 aromatic rings. The van der Waals surface area contributed by atoms with E-state index in [2.05, 4.69) is 17.2 Å². The molecule has 6 nitrogen and oxygen atoms in total. The van der Waals surface area contributed by atoms with Gasteiger partial charge in [0.1, 0.15) is 0 Å². The Balaban J connectivity index is 1.82. The minimum Gasteiger partial charge on any atom is -0.493 e. The lowest BCUT2D eigenvalue weighted by Gasteiger charge is -2.12. The molecular weight excluding hydrogens is 342 g/mol. The average molecular weight is 367 g/mol. The van der Waals surface area contributed by atoms with Crippen LogP contribution in [0.1, 0.15) is 37.0 Å². The van der Waals surface area contributed by atoms with Crippen molar-refractivity contribution >= 4 is 22.9 Å². The number of carbonyl (C=O) groups is 1. The van der Waals surface area contributed by atoms with E-state index in [1.54, 1.807) is 25.3 Å². The predicted octanol–water partition coefficient (Wildman–Crippen LogP) is 4.50. The Morgan fingerprint density at radius 2 is 1.96 bits per heavy atom. The number of hydrogen-bond donors (Lipinski definition) is 1. The third kappa shape index (κ3) is 4.05. The fourth-order valence-corrected chi connectivity index (χ4v) is 2.92. The molecule has 0 fully saturated rings. The molecular formula is C21H25N3O3. The highest BCUT2D eigenvalue weighted by Crippen LogP contribution is 2.29. The zero-order chi connectivity index (χ0) is 19.2. The van der Waals surface area contributed by atoms with Crippen molar-refractivity contribution in [1.29, 1.82) is 0 Å². The lowest BCUT2D eigenvalue weighted by atomic mass is 10.2. The molecule has 0 aliphatic heterocycles. The Labute approximate surface area is 159 Å². The van der Waals surface area contributed by atoms with E-state index in [-0.39, 0.29) is 5.91 Å². The highest BCUT2D eigenvalue weighted by Gasteiger charge is 2.15. The van der Waals surface area contributed by atoms with Gasteiger partial charge in [-0.25, -0.2) is 4.98 Å². The molecule has 2 aromatic carbocycles. The van der Waals surface area contributed by atoms with E-state index in [4.69, 9.17) is 9.47 Å². The zero-order valence-electron chi connectivity index (χ0n) is 16.0. The molecule has 0 aliphatic carbocycles. The molecule has 1 N–H and O–H groups in total. The number of rotatable bonds is 8. The second-order valence-electron chi connectivity index (χ2n) is 6.19. The van der Waals surface area contributed by atoms with Gasteiger partial charge in [0.15, 0.2) is 11.5 Å². The normalized spacial score (nSPS) is 10.8. The van der Waals surface area contributed by atoms with Gasteiger partial charge in [-0.15, -0.1) is 0 Å². The number of nitrogens with zero attached hydrogens (tertiary/aromatic N) is 2. The van der Waals surface area contributed by atoms with Crippen LogP contribution in [0.25, 0.3) is 11.0 Å². The summed E-state index contributed by atoms with van der Waals surface area (Å²) < 4.78 is 13.1. The van der Waals surface area contributed by atoms with Crippen molar-refractivity contribution in [3.05, 3.63) is 48.0 Å². The lowest BCUT2D eigenvalue weighted by Crippen LogP contribution is -2.16. The van der Waals surface area contributed by atoms with E-state index in [1.807, 2.05) is 35.8 Å². The van der Waals surface area contributed by atoms with Crippen LogP contribution in [-0.2, 0) is 6.54 Å². The first kappa shape index (κ1) is 18.8. The van der Waals surface area contributed by atoms with E-state index >= 15 is 0 Å². The SMILES string of the molecule is CCCCOc1ccc(C(=O)Nc2nc3ccccc3n2CC)cc1OC. The van der Waals surface area contributed by atoms with E-state index in [0.717, 1.165) is 23.9 Å². The summed E-state index contributed by atoms with van der Waals surface area (Å²) in [4.78, 5) is 17.3. The average Bonchev–Trinajstić information content (AvgIpc) is 3.05. The lowest BCUT2D eigenvalue weighted by molar-refractivity contribution is 0.102. The molecule has 0 bridgehead atoms. The van der Waals surface area contributed by atoms with Crippen LogP contribution in [-0.4, -0.2) is 29.2 Å². The smallest absolute Gasteiger partial charge is 0.258 e. The van der Waals surface area contributed by atoms with Gasteiger partial charge in [0.2, 0.25) is 5.95 Å². The Hall–Kier alpha value is -3.02. The number of aromatic nitrogens is 2. The number of nitrogens with one attached hydrogen (secondary N) is 1. The van der Waals surface area contributed by atoms with Crippen LogP contribution < -0.4 is 14.8 Å². The van der Waals surface area contributed by atoms with Gasteiger partial charge in [-0.2, -0.15) is 0 Å². The number of ether oxygens (including phenoxy) is 2. The molecule has 1 amide bonds. The van der Waals surface area contributed by atoms with Gasteiger partial charge in [-0.3, -0.25) is 10.1 Å². The van der Waals surface area contributed by atoms with E-state index in [9.17, 15) is 4.79 Å². The van der Waals surface area contributed by atoms with Crippen molar-refractivity contribution in [3.8, 4) is 11.5 Å². The first-order valence-electron chi connectivity index (χ1n) is 9.25. The first-order valence-corrected chi connectivity index (χ1v) is 9.25. The van der Waals surface area contributed by atoms with Crippen LogP contribution in [0.4, 0.5) is 5.95 Å². The summed E-state index contributed by atoms with van der Waals surface area (Å²) in [7, 11) is 1.57. The van der Waals surface area contributed by atoms with Crippen LogP contribution in [0.2, 0.25) is 0 Å². The molecule has 6 heteroatoms. The van der Waals surface area contributed by atoms with Gasteiger partial charge < -0.3 is 14.0 Å². The standard InChI is InChI=1S/C21H25N3O3/c1-4-6-13-27-18-12-11-15(14-19(18)26-3)20(25)23-21-22-16-9-7-8-10-17(16)24(21)5-2/h7-12,14H,4-6,13H2,1-3H3,(H,22,23,25). The number of aryl methyl sites for hydroxylation is 1. The van der Waals surface area contributed by atoms with E-state index in [1.165, 1.54) is 0 Å². The maximum atomic E-state index is 12.7. The highest BCUT2D eigenvalue weighted by molar-refractivity contribution is 6.04. The summed E-state index contributed by atoms with van der Waals surface area (Å²) in [6, 6.07) is 13.0. The van der Waals surface area contributed by atoms with Crippen molar-refractivity contribution in [2.24, 2.45) is 0 Å². The van der Waals surface area contributed by atoms with Crippen LogP contribution in [0.15, 0.2) is 42.5 Å². The van der Waals surface area contributed by atoms with Crippen molar-refractivity contribution < 1.29 is 14.3 Å². The van der Waals surface area contributed by atoms with Crippen LogP contribution in [0.5, 0.6) is 11.5 Å². The largest absolute Gasteiger partial charge is 0.493 e. The number of anilines is 1. The van der Waals surface area contributed by atoms with Crippen molar-refractivity contribution in [2.45, 2.75) is 33.2 Å². The molecule has 0 saturated heterocycles. The molecule has 0 spiro atoms. The van der Waals surface area contributed by atoms with Gasteiger partial charge in [0, 0.05) is 12.1 Å². The minimum atomic E-state index is -0.238. The quantitative estimate of drug-likeness (QED) is 0.596. The molecule has 142 valence electrons. The number of amides is 1. The predicted molar refractivity (Wildman–Crippen MR) is 107 cm³/mol. The second kappa shape index (κ2) is 8.58. The maximum absolute atomic E-state index is 12.7. The number of unbranched alkanes of at least 4 members (excludes halogenated alkanes) is 1. The number of hydrogen-bond acceptors (Lipinski definition) is 4. The fraction of sp³-hybridized carbons (Fsp3) is 0.333. The minimum absolute atomic E-state index is 0.238. The number of methoxy groups -OCH3 is 1. The van der Waals surface area contributed by atoms with E-state index in [0.29, 0.717) is 36.2 Å². The fourth-order valence-electron chi connectivity index (χ4n) is 2.92. The summed E-state index contributed by atoms with van der Waals surface area (Å²) in [5.74, 6) is 1.48. The molecule has 0 saturated carbocycles. The third-order valence-electron chi connectivity index (χ3n) is 4.38. The Morgan fingerprint density at radius 1 is 1.15 bits per heavy atom. The number of carbonyl (C=O) groups excluding carboxylic acids is 1. The van der Waals surface area contributed by atoms with Gasteiger partial charge in [-0.1, -0.05) is 25.5 Å². The molecule has 0 unspecified atom stereocenters. The Kier molecular flexibility index (Phi) is 5.96. The summed E-state index contributed by atoms with van der Waals surface area (Å²) in [6.07, 6.45) is 2.03. The molecule has 0 aliphatic rings. The van der Waals surface area contributed by atoms with Gasteiger partial charge in [0.25, 0.3) is 5.91 Å². The summed E-state index contributed by atoms with van der Waals surface area (Å²) in [5, 5.41) is 2.91. The van der Waals surface area contributed by atoms with Gasteiger partial charge in [-0.05, 0) is 43.7 Å². The summed E-state index contributed by atoms with van der Waals surface area (Å²) in [6.45, 7) is 5.47. The molecule has 3 rings (SSSR count). The second-order valence-corrected chi connectivity index (χ2v) is 6.19. The van der Waals surface area contributed by atoms with Crippen LogP contribution >= 0.6 is 0 Å². The number of fused-ring (bicyclic) bond motifs is 1. The molecule has 27 heavy (non-hydrogen) atoms. The monoisotopic (exact) mass is 367 g/mol. The molecule has 0 radical (unpaired) electrons. The Bertz CT molecular complexity index is 934. The molecule has 1 aromatic heterocycles. The number of para-hydroxylation sites is 2. The van der Waals surface area contributed by atoms with Crippen LogP contribution in [0, 0.1) is 0 Å². The number of imidazole rings is 1. The summed E-state index contributed by atoms with van der Waals surface area (Å²) >= 11 is 0. The third-order valence-corrected chi connectivity index (χ3v) is 4.38. The van der Waals surface area contributed by atoms with Crippen molar-refractivity contribution in [3.63, 3.8) is 0 Å². The molecule has 0 atom stereocenters. The van der Waals surface area contributed by atoms with E-state index < -0.39 is 0 Å². The van der Waals surface area contributed by atoms with Crippen molar-refractivity contribution in [1.82, 2.24) is 9.55 Å². The van der Waals surface area contributed by atoms with Crippen molar-refractivity contribution in [2.75, 3.05) is 19.0 Å². The zero-order valence-corrected chi connectivity index (χ0v) is 16.0. The van der Waals surface area contributed by atoms with Crippen LogP contribution in [0.3, 0.4) is 0 Å². The topological polar surface area (TPSA) is 65.4 Å². The van der Waals surface area contributed by atoms with Gasteiger partial charge >= 0.3 is 0 Å². The maximum Gasteiger partial charge on any atom is 0.258 e.